The molecule has 2 aliphatic rings. The molecule has 1 aliphatic heterocycles. The van der Waals surface area contributed by atoms with Gasteiger partial charge in [0.1, 0.15) is 35.9 Å². The van der Waals surface area contributed by atoms with Gasteiger partial charge >= 0.3 is 0 Å². The smallest absolute Gasteiger partial charge is 0.229 e. The number of benzene rings is 3. The maximum Gasteiger partial charge on any atom is 0.229 e. The van der Waals surface area contributed by atoms with Gasteiger partial charge in [-0.05, 0) is 42.5 Å². The fraction of sp³-hybridized carbons (Fsp3) is 0.346. The summed E-state index contributed by atoms with van der Waals surface area (Å²) in [6, 6.07) is 12.1. The Balaban J connectivity index is 1.68. The number of hydrogen-bond acceptors (Lipinski definition) is 8. The van der Waals surface area contributed by atoms with Gasteiger partial charge < -0.3 is 34.6 Å². The number of aliphatic hydroxyl groups excluding tert-OH is 4. The van der Waals surface area contributed by atoms with Gasteiger partial charge in [0.05, 0.1) is 13.2 Å². The van der Waals surface area contributed by atoms with Gasteiger partial charge in [0.2, 0.25) is 6.29 Å². The number of hydrogen-bond donors (Lipinski definition) is 4. The van der Waals surface area contributed by atoms with Crippen LogP contribution in [0, 0.1) is 6.92 Å². The van der Waals surface area contributed by atoms with Crippen LogP contribution in [0.1, 0.15) is 45.6 Å². The summed E-state index contributed by atoms with van der Waals surface area (Å²) in [5.74, 6) is 0.394. The van der Waals surface area contributed by atoms with E-state index in [2.05, 4.69) is 0 Å². The summed E-state index contributed by atoms with van der Waals surface area (Å²) in [6.45, 7) is 3.43. The Hall–Kier alpha value is -3.01. The van der Waals surface area contributed by atoms with Gasteiger partial charge in [0, 0.05) is 22.1 Å². The first kappa shape index (κ1) is 22.8. The first-order valence-corrected chi connectivity index (χ1v) is 11.1. The molecular weight excluding hydrogens is 440 g/mol. The van der Waals surface area contributed by atoms with E-state index in [0.717, 1.165) is 5.56 Å². The number of carbonyl (C=O) groups is 1. The van der Waals surface area contributed by atoms with Gasteiger partial charge in [-0.2, -0.15) is 0 Å². The van der Waals surface area contributed by atoms with Crippen molar-refractivity contribution >= 4 is 16.6 Å². The van der Waals surface area contributed by atoms with Crippen LogP contribution in [0.2, 0.25) is 0 Å². The quantitative estimate of drug-likeness (QED) is 0.462. The van der Waals surface area contributed by atoms with E-state index in [0.29, 0.717) is 38.8 Å². The molecule has 178 valence electrons. The predicted octanol–water partition coefficient (Wildman–Crippen LogP) is 1.99. The molecule has 1 aliphatic carbocycles. The van der Waals surface area contributed by atoms with E-state index in [1.54, 1.807) is 43.3 Å². The van der Waals surface area contributed by atoms with Crippen LogP contribution in [-0.4, -0.2) is 64.0 Å². The molecule has 4 N–H and O–H groups in total. The van der Waals surface area contributed by atoms with Crippen molar-refractivity contribution in [1.82, 2.24) is 0 Å². The van der Waals surface area contributed by atoms with E-state index in [1.807, 2.05) is 13.0 Å². The number of ether oxygens (including phenoxy) is 3. The molecule has 0 saturated carbocycles. The lowest BCUT2D eigenvalue weighted by Crippen LogP contribution is -2.58. The van der Waals surface area contributed by atoms with Crippen LogP contribution in [0.5, 0.6) is 11.5 Å². The highest BCUT2D eigenvalue weighted by molar-refractivity contribution is 6.21. The van der Waals surface area contributed by atoms with Crippen molar-refractivity contribution < 1.29 is 39.4 Å². The number of methoxy groups -OCH3 is 1. The molecule has 5 rings (SSSR count). The molecule has 6 atom stereocenters. The topological polar surface area (TPSA) is 126 Å². The molecule has 0 aromatic heterocycles. The molecule has 0 radical (unpaired) electrons. The summed E-state index contributed by atoms with van der Waals surface area (Å²) in [6.07, 6.45) is -7.37. The normalized spacial score (nSPS) is 28.4. The Morgan fingerprint density at radius 2 is 1.71 bits per heavy atom. The number of ketones is 1. The Morgan fingerprint density at radius 3 is 2.44 bits per heavy atom. The van der Waals surface area contributed by atoms with Gasteiger partial charge in [0.15, 0.2) is 5.78 Å². The zero-order valence-electron chi connectivity index (χ0n) is 18.9. The minimum atomic E-state index is -1.51. The van der Waals surface area contributed by atoms with Gasteiger partial charge in [0.25, 0.3) is 0 Å². The Morgan fingerprint density at radius 1 is 0.941 bits per heavy atom. The molecule has 1 unspecified atom stereocenters. The summed E-state index contributed by atoms with van der Waals surface area (Å²) in [5, 5.41) is 43.1. The van der Waals surface area contributed by atoms with Crippen molar-refractivity contribution in [2.75, 3.05) is 7.11 Å². The van der Waals surface area contributed by atoms with Crippen molar-refractivity contribution in [3.63, 3.8) is 0 Å². The third kappa shape index (κ3) is 3.38. The zero-order valence-corrected chi connectivity index (χ0v) is 18.9. The van der Waals surface area contributed by atoms with E-state index in [-0.39, 0.29) is 11.5 Å². The standard InChI is InChI=1S/C26H26O8/c1-11-9-13-7-8-15-20(23(29)14-5-4-6-16(32-3)19(14)22(15)28)18(13)17(10-11)34-26-25(31)24(30)21(27)12(2)33-26/h4-10,12,21-22,24-28,30-31H,1-3H3/t12-,21-,22?,24+,25+,26-/m1/s1. The van der Waals surface area contributed by atoms with E-state index >= 15 is 0 Å². The summed E-state index contributed by atoms with van der Waals surface area (Å²) in [5.41, 5.74) is 2.29. The maximum absolute atomic E-state index is 13.7. The number of aryl methyl sites for hydroxylation is 1. The van der Waals surface area contributed by atoms with Crippen LogP contribution in [0.3, 0.4) is 0 Å². The minimum Gasteiger partial charge on any atom is -0.496 e. The van der Waals surface area contributed by atoms with Crippen molar-refractivity contribution in [1.29, 1.82) is 0 Å². The second kappa shape index (κ2) is 8.33. The lowest BCUT2D eigenvalue weighted by molar-refractivity contribution is -0.267. The van der Waals surface area contributed by atoms with Gasteiger partial charge in [-0.3, -0.25) is 4.79 Å². The highest BCUT2D eigenvalue weighted by Gasteiger charge is 2.43. The predicted molar refractivity (Wildman–Crippen MR) is 122 cm³/mol. The number of fused-ring (bicyclic) bond motifs is 4. The van der Waals surface area contributed by atoms with Crippen LogP contribution < -0.4 is 9.47 Å². The van der Waals surface area contributed by atoms with Crippen LogP contribution >= 0.6 is 0 Å². The van der Waals surface area contributed by atoms with Crippen molar-refractivity contribution in [3.05, 3.63) is 70.3 Å². The zero-order chi connectivity index (χ0) is 24.3. The largest absolute Gasteiger partial charge is 0.496 e. The van der Waals surface area contributed by atoms with Gasteiger partial charge in [-0.15, -0.1) is 0 Å². The molecule has 3 aromatic rings. The molecule has 34 heavy (non-hydrogen) atoms. The van der Waals surface area contributed by atoms with Crippen LogP contribution in [0.4, 0.5) is 0 Å². The third-order valence-electron chi connectivity index (χ3n) is 6.64. The fourth-order valence-corrected chi connectivity index (χ4v) is 4.88. The SMILES string of the molecule is COc1cccc2c1C(O)c1ccc3cc(C)cc(O[C@H]4O[C@H](C)[C@@H](O)[C@H](O)[C@@H]4O)c3c1C2=O. The second-order valence-corrected chi connectivity index (χ2v) is 8.84. The Bertz CT molecular complexity index is 1290. The number of rotatable bonds is 3. The molecule has 1 heterocycles. The van der Waals surface area contributed by atoms with Crippen molar-refractivity contribution in [2.24, 2.45) is 0 Å². The number of aliphatic hydroxyl groups is 4. The summed E-state index contributed by atoms with van der Waals surface area (Å²) in [4.78, 5) is 13.7. The van der Waals surface area contributed by atoms with E-state index in [1.165, 1.54) is 7.11 Å². The van der Waals surface area contributed by atoms with Crippen LogP contribution in [0.25, 0.3) is 10.8 Å². The first-order chi connectivity index (χ1) is 16.2. The average molecular weight is 466 g/mol. The molecule has 0 bridgehead atoms. The summed E-state index contributed by atoms with van der Waals surface area (Å²) >= 11 is 0. The summed E-state index contributed by atoms with van der Waals surface area (Å²) in [7, 11) is 1.49. The first-order valence-electron chi connectivity index (χ1n) is 11.1. The maximum atomic E-state index is 13.7. The summed E-state index contributed by atoms with van der Waals surface area (Å²) < 4.78 is 17.0. The molecule has 1 saturated heterocycles. The number of carbonyl (C=O) groups excluding carboxylic acids is 1. The Kier molecular flexibility index (Phi) is 5.58. The highest BCUT2D eigenvalue weighted by atomic mass is 16.7. The molecule has 0 amide bonds. The molecular formula is C26H26O8. The van der Waals surface area contributed by atoms with Crippen molar-refractivity contribution in [2.45, 2.75) is 50.7 Å². The van der Waals surface area contributed by atoms with Crippen LogP contribution in [-0.2, 0) is 4.74 Å². The van der Waals surface area contributed by atoms with E-state index in [4.69, 9.17) is 14.2 Å². The van der Waals surface area contributed by atoms with E-state index in [9.17, 15) is 25.2 Å². The minimum absolute atomic E-state index is 0.263. The third-order valence-corrected chi connectivity index (χ3v) is 6.64. The Labute approximate surface area is 195 Å². The fourth-order valence-electron chi connectivity index (χ4n) is 4.88. The molecule has 8 nitrogen and oxygen atoms in total. The van der Waals surface area contributed by atoms with Crippen LogP contribution in [0.15, 0.2) is 42.5 Å². The average Bonchev–Trinajstić information content (AvgIpc) is 2.83. The van der Waals surface area contributed by atoms with E-state index < -0.39 is 36.8 Å². The van der Waals surface area contributed by atoms with Gasteiger partial charge in [-0.25, -0.2) is 0 Å². The molecule has 0 spiro atoms. The highest BCUT2D eigenvalue weighted by Crippen LogP contribution is 2.45. The molecule has 1 fully saturated rings. The lowest BCUT2D eigenvalue weighted by Gasteiger charge is -2.39. The molecule has 8 heteroatoms. The second-order valence-electron chi connectivity index (χ2n) is 8.84. The van der Waals surface area contributed by atoms with Gasteiger partial charge in [-0.1, -0.05) is 30.3 Å². The lowest BCUT2D eigenvalue weighted by atomic mass is 9.80. The molecule has 3 aromatic carbocycles. The monoisotopic (exact) mass is 466 g/mol. The van der Waals surface area contributed by atoms with Crippen molar-refractivity contribution in [3.8, 4) is 11.5 Å².